The molecule has 33 heavy (non-hydrogen) atoms. The highest BCUT2D eigenvalue weighted by molar-refractivity contribution is 7.13. The van der Waals surface area contributed by atoms with E-state index in [9.17, 15) is 9.59 Å². The molecule has 8 heteroatoms. The van der Waals surface area contributed by atoms with Gasteiger partial charge in [0.25, 0.3) is 5.91 Å². The summed E-state index contributed by atoms with van der Waals surface area (Å²) >= 11 is 1.57. The number of fused-ring (bicyclic) bond motifs is 1. The summed E-state index contributed by atoms with van der Waals surface area (Å²) in [6, 6.07) is 19.2. The van der Waals surface area contributed by atoms with Crippen LogP contribution in [-0.4, -0.2) is 37.0 Å². The quantitative estimate of drug-likeness (QED) is 0.478. The highest BCUT2D eigenvalue weighted by atomic mass is 32.1. The second kappa shape index (κ2) is 8.63. The fourth-order valence-electron chi connectivity index (χ4n) is 4.08. The molecule has 1 aromatic carbocycles. The first-order chi connectivity index (χ1) is 16.0. The van der Waals surface area contributed by atoms with Gasteiger partial charge < -0.3 is 10.2 Å². The average molecular weight is 458 g/mol. The summed E-state index contributed by atoms with van der Waals surface area (Å²) < 4.78 is 1.67. The van der Waals surface area contributed by atoms with Crippen LogP contribution in [0.1, 0.15) is 28.5 Å². The molecular weight excluding hydrogens is 434 g/mol. The first-order valence-corrected chi connectivity index (χ1v) is 11.6. The van der Waals surface area contributed by atoms with Crippen molar-refractivity contribution >= 4 is 23.2 Å². The molecule has 1 N–H and O–H groups in total. The Balaban J connectivity index is 1.49. The smallest absolute Gasteiger partial charge is 0.273 e. The summed E-state index contributed by atoms with van der Waals surface area (Å²) in [6.07, 6.45) is 3.41. The van der Waals surface area contributed by atoms with Crippen LogP contribution in [0.3, 0.4) is 0 Å². The minimum absolute atomic E-state index is 0.220. The van der Waals surface area contributed by atoms with Crippen LogP contribution in [0.15, 0.2) is 78.4 Å². The highest BCUT2D eigenvalue weighted by Crippen LogP contribution is 2.32. The lowest BCUT2D eigenvalue weighted by molar-refractivity contribution is -0.133. The fraction of sp³-hybridized carbons (Fsp3) is 0.200. The van der Waals surface area contributed by atoms with E-state index in [1.165, 1.54) is 0 Å². The van der Waals surface area contributed by atoms with E-state index in [4.69, 9.17) is 0 Å². The molecule has 0 saturated heterocycles. The number of pyridine rings is 1. The topological polar surface area (TPSA) is 80.1 Å². The van der Waals surface area contributed by atoms with Crippen LogP contribution in [0.25, 0.3) is 10.6 Å². The lowest BCUT2D eigenvalue weighted by Gasteiger charge is -2.43. The van der Waals surface area contributed by atoms with Crippen molar-refractivity contribution in [1.82, 2.24) is 25.0 Å². The molecule has 1 aliphatic rings. The molecule has 1 atom stereocenters. The molecule has 3 aromatic heterocycles. The van der Waals surface area contributed by atoms with Crippen molar-refractivity contribution in [3.63, 3.8) is 0 Å². The lowest BCUT2D eigenvalue weighted by atomic mass is 9.94. The Morgan fingerprint density at radius 3 is 2.67 bits per heavy atom. The molecule has 0 fully saturated rings. The average Bonchev–Trinajstić information content (AvgIpc) is 3.52. The van der Waals surface area contributed by atoms with E-state index >= 15 is 0 Å². The summed E-state index contributed by atoms with van der Waals surface area (Å²) in [5.41, 5.74) is 1.96. The Hall–Kier alpha value is -3.78. The minimum atomic E-state index is -1.12. The second-order valence-corrected chi connectivity index (χ2v) is 9.19. The number of amides is 2. The minimum Gasteiger partial charge on any atom is -0.350 e. The van der Waals surface area contributed by atoms with Crippen molar-refractivity contribution in [2.24, 2.45) is 0 Å². The van der Waals surface area contributed by atoms with Crippen molar-refractivity contribution in [3.8, 4) is 10.6 Å². The Labute approximate surface area is 195 Å². The van der Waals surface area contributed by atoms with E-state index in [0.29, 0.717) is 12.2 Å². The molecule has 0 aliphatic carbocycles. The molecule has 4 heterocycles. The molecule has 0 spiro atoms. The summed E-state index contributed by atoms with van der Waals surface area (Å²) in [7, 11) is 0. The van der Waals surface area contributed by atoms with Crippen LogP contribution in [0.2, 0.25) is 0 Å². The first-order valence-electron chi connectivity index (χ1n) is 10.7. The highest BCUT2D eigenvalue weighted by Gasteiger charge is 2.48. The maximum absolute atomic E-state index is 13.7. The molecule has 1 aliphatic heterocycles. The number of carbonyl (C=O) groups is 2. The van der Waals surface area contributed by atoms with Gasteiger partial charge in [-0.15, -0.1) is 11.3 Å². The number of rotatable bonds is 6. The molecule has 0 saturated carbocycles. The van der Waals surface area contributed by atoms with Crippen LogP contribution in [0.5, 0.6) is 0 Å². The molecule has 5 rings (SSSR count). The lowest BCUT2D eigenvalue weighted by Crippen LogP contribution is -2.63. The SMILES string of the molecule is CC1(C(=O)NCc2ccccc2)Cn2nc(-c3cccs3)cc2C(=O)N1Cc1cccnc1. The summed E-state index contributed by atoms with van der Waals surface area (Å²) in [5, 5.41) is 9.67. The van der Waals surface area contributed by atoms with E-state index in [0.717, 1.165) is 21.7 Å². The fourth-order valence-corrected chi connectivity index (χ4v) is 4.76. The number of nitrogens with one attached hydrogen (secondary N) is 1. The maximum atomic E-state index is 13.7. The largest absolute Gasteiger partial charge is 0.350 e. The predicted molar refractivity (Wildman–Crippen MR) is 126 cm³/mol. The van der Waals surface area contributed by atoms with Gasteiger partial charge >= 0.3 is 0 Å². The number of nitrogens with zero attached hydrogens (tertiary/aromatic N) is 4. The third-order valence-electron chi connectivity index (χ3n) is 5.92. The van der Waals surface area contributed by atoms with Crippen molar-refractivity contribution in [1.29, 1.82) is 0 Å². The molecular formula is C25H23N5O2S. The van der Waals surface area contributed by atoms with Crippen LogP contribution in [-0.2, 0) is 24.4 Å². The number of benzene rings is 1. The van der Waals surface area contributed by atoms with Gasteiger partial charge in [-0.05, 0) is 41.6 Å². The van der Waals surface area contributed by atoms with Crippen molar-refractivity contribution in [2.75, 3.05) is 0 Å². The third kappa shape index (κ3) is 4.05. The van der Waals surface area contributed by atoms with E-state index in [-0.39, 0.29) is 24.9 Å². The molecule has 2 amide bonds. The van der Waals surface area contributed by atoms with Gasteiger partial charge in [-0.25, -0.2) is 0 Å². The summed E-state index contributed by atoms with van der Waals surface area (Å²) in [5.74, 6) is -0.444. The van der Waals surface area contributed by atoms with Crippen molar-refractivity contribution in [2.45, 2.75) is 32.1 Å². The zero-order valence-electron chi connectivity index (χ0n) is 18.1. The van der Waals surface area contributed by atoms with Gasteiger partial charge in [0.2, 0.25) is 5.91 Å². The number of thiophene rings is 1. The Morgan fingerprint density at radius 1 is 1.12 bits per heavy atom. The zero-order valence-corrected chi connectivity index (χ0v) is 19.0. The molecule has 0 radical (unpaired) electrons. The number of hydrogen-bond donors (Lipinski definition) is 1. The van der Waals surface area contributed by atoms with Gasteiger partial charge in [0.1, 0.15) is 16.9 Å². The number of aromatic nitrogens is 3. The van der Waals surface area contributed by atoms with Crippen molar-refractivity contribution < 1.29 is 9.59 Å². The molecule has 0 bridgehead atoms. The van der Waals surface area contributed by atoms with Crippen LogP contribution >= 0.6 is 11.3 Å². The zero-order chi connectivity index (χ0) is 22.8. The maximum Gasteiger partial charge on any atom is 0.273 e. The molecule has 4 aromatic rings. The van der Waals surface area contributed by atoms with Crippen LogP contribution in [0, 0.1) is 0 Å². The molecule has 7 nitrogen and oxygen atoms in total. The van der Waals surface area contributed by atoms with E-state index in [1.54, 1.807) is 40.2 Å². The van der Waals surface area contributed by atoms with E-state index in [1.807, 2.05) is 66.0 Å². The standard InChI is InChI=1S/C25H23N5O2S/c1-25(24(32)27-15-18-7-3-2-4-8-18)17-30-21(13-20(28-30)22-10-6-12-33-22)23(31)29(25)16-19-9-5-11-26-14-19/h2-14H,15-17H2,1H3,(H,27,32). The normalized spacial score (nSPS) is 17.6. The summed E-state index contributed by atoms with van der Waals surface area (Å²) in [4.78, 5) is 34.0. The Kier molecular flexibility index (Phi) is 5.51. The van der Waals surface area contributed by atoms with Crippen LogP contribution in [0.4, 0.5) is 0 Å². The summed E-state index contributed by atoms with van der Waals surface area (Å²) in [6.45, 7) is 2.73. The second-order valence-electron chi connectivity index (χ2n) is 8.24. The first kappa shape index (κ1) is 21.1. The molecule has 1 unspecified atom stereocenters. The van der Waals surface area contributed by atoms with Gasteiger partial charge in [-0.1, -0.05) is 42.5 Å². The van der Waals surface area contributed by atoms with Gasteiger partial charge in [0, 0.05) is 25.5 Å². The van der Waals surface area contributed by atoms with E-state index < -0.39 is 5.54 Å². The van der Waals surface area contributed by atoms with Crippen LogP contribution < -0.4 is 5.32 Å². The van der Waals surface area contributed by atoms with E-state index in [2.05, 4.69) is 15.4 Å². The van der Waals surface area contributed by atoms with Gasteiger partial charge in [0.05, 0.1) is 11.4 Å². The van der Waals surface area contributed by atoms with Crippen molar-refractivity contribution in [3.05, 3.63) is 95.3 Å². The monoisotopic (exact) mass is 457 g/mol. The van der Waals surface area contributed by atoms with Gasteiger partial charge in [-0.2, -0.15) is 5.10 Å². The third-order valence-corrected chi connectivity index (χ3v) is 6.81. The Bertz CT molecular complexity index is 1270. The predicted octanol–water partition coefficient (Wildman–Crippen LogP) is 3.74. The molecule has 166 valence electrons. The van der Waals surface area contributed by atoms with Gasteiger partial charge in [-0.3, -0.25) is 19.3 Å². The number of carbonyl (C=O) groups excluding carboxylic acids is 2. The Morgan fingerprint density at radius 2 is 1.94 bits per heavy atom. The van der Waals surface area contributed by atoms with Gasteiger partial charge in [0.15, 0.2) is 0 Å². The number of hydrogen-bond acceptors (Lipinski definition) is 5.